The van der Waals surface area contributed by atoms with Crippen LogP contribution in [0.25, 0.3) is 27.8 Å². The average Bonchev–Trinajstić information content (AvgIpc) is 3.11. The van der Waals surface area contributed by atoms with Crippen molar-refractivity contribution in [1.82, 2.24) is 9.55 Å². The number of imidazole rings is 1. The third-order valence-electron chi connectivity index (χ3n) is 4.65. The van der Waals surface area contributed by atoms with Crippen LogP contribution in [0.5, 0.6) is 5.75 Å². The lowest BCUT2D eigenvalue weighted by Gasteiger charge is -2.12. The van der Waals surface area contributed by atoms with Gasteiger partial charge in [-0.1, -0.05) is 29.8 Å². The van der Waals surface area contributed by atoms with E-state index in [9.17, 15) is 5.11 Å². The predicted octanol–water partition coefficient (Wildman–Crippen LogP) is 5.41. The number of benzene rings is 3. The van der Waals surface area contributed by atoms with Crippen molar-refractivity contribution in [2.75, 3.05) is 7.11 Å². The molecule has 0 amide bonds. The first-order chi connectivity index (χ1) is 13.1. The molecule has 136 valence electrons. The minimum atomic E-state index is -0.516. The molecular weight excluding hydrogens is 360 g/mol. The Kier molecular flexibility index (Phi) is 4.60. The molecular formula is C22H19ClN2O2. The van der Waals surface area contributed by atoms with Crippen LogP contribution in [0.1, 0.15) is 18.6 Å². The molecule has 4 aromatic rings. The maximum Gasteiger partial charge on any atom is 0.126 e. The largest absolute Gasteiger partial charge is 0.496 e. The van der Waals surface area contributed by atoms with Gasteiger partial charge in [-0.2, -0.15) is 0 Å². The molecule has 0 bridgehead atoms. The molecule has 27 heavy (non-hydrogen) atoms. The molecule has 5 heteroatoms. The molecule has 1 atom stereocenters. The molecule has 1 unspecified atom stereocenters. The van der Waals surface area contributed by atoms with Gasteiger partial charge >= 0.3 is 0 Å². The summed E-state index contributed by atoms with van der Waals surface area (Å²) in [5, 5.41) is 10.4. The summed E-state index contributed by atoms with van der Waals surface area (Å²) in [4.78, 5) is 4.49. The molecule has 4 nitrogen and oxygen atoms in total. The Bertz CT molecular complexity index is 1120. The zero-order valence-electron chi connectivity index (χ0n) is 15.1. The van der Waals surface area contributed by atoms with Crippen LogP contribution in [0.3, 0.4) is 0 Å². The van der Waals surface area contributed by atoms with Crippen LogP contribution in [0.15, 0.2) is 67.0 Å². The minimum Gasteiger partial charge on any atom is -0.496 e. The van der Waals surface area contributed by atoms with Crippen molar-refractivity contribution in [2.24, 2.45) is 0 Å². The third kappa shape index (κ3) is 3.29. The van der Waals surface area contributed by atoms with Crippen LogP contribution in [0, 0.1) is 0 Å². The van der Waals surface area contributed by atoms with E-state index < -0.39 is 6.10 Å². The zero-order valence-corrected chi connectivity index (χ0v) is 15.8. The van der Waals surface area contributed by atoms with Crippen molar-refractivity contribution in [1.29, 1.82) is 0 Å². The number of ether oxygens (including phenoxy) is 1. The molecule has 0 saturated carbocycles. The lowest BCUT2D eigenvalue weighted by atomic mass is 10.0. The SMILES string of the molecule is COc1ccc(Cl)cc1-c1cccc(-n2cnc3cc(C(C)O)ccc32)c1. The smallest absolute Gasteiger partial charge is 0.126 e. The number of halogens is 1. The van der Waals surface area contributed by atoms with Gasteiger partial charge in [0.15, 0.2) is 0 Å². The fourth-order valence-corrected chi connectivity index (χ4v) is 3.40. The standard InChI is InChI=1S/C22H19ClN2O2/c1-14(26)15-6-8-21-20(11-15)24-13-25(21)18-5-3-4-16(10-18)19-12-17(23)7-9-22(19)27-2/h3-14,26H,1-2H3. The Labute approximate surface area is 162 Å². The molecule has 0 aliphatic carbocycles. The van der Waals surface area contributed by atoms with Gasteiger partial charge in [0.25, 0.3) is 0 Å². The first-order valence-electron chi connectivity index (χ1n) is 8.66. The van der Waals surface area contributed by atoms with Gasteiger partial charge in [-0.3, -0.25) is 4.57 Å². The highest BCUT2D eigenvalue weighted by atomic mass is 35.5. The topological polar surface area (TPSA) is 47.3 Å². The lowest BCUT2D eigenvalue weighted by molar-refractivity contribution is 0.199. The molecule has 0 radical (unpaired) electrons. The van der Waals surface area contributed by atoms with Crippen molar-refractivity contribution in [2.45, 2.75) is 13.0 Å². The van der Waals surface area contributed by atoms with E-state index in [1.54, 1.807) is 20.4 Å². The monoisotopic (exact) mass is 378 g/mol. The van der Waals surface area contributed by atoms with Gasteiger partial charge in [0, 0.05) is 16.3 Å². The summed E-state index contributed by atoms with van der Waals surface area (Å²) in [5.74, 6) is 0.772. The van der Waals surface area contributed by atoms with E-state index in [0.29, 0.717) is 5.02 Å². The van der Waals surface area contributed by atoms with Crippen molar-refractivity contribution >= 4 is 22.6 Å². The Hall–Kier alpha value is -2.82. The summed E-state index contributed by atoms with van der Waals surface area (Å²) < 4.78 is 7.52. The van der Waals surface area contributed by atoms with Crippen LogP contribution in [0.4, 0.5) is 0 Å². The number of rotatable bonds is 4. The molecule has 0 fully saturated rings. The number of fused-ring (bicyclic) bond motifs is 1. The van der Waals surface area contributed by atoms with Crippen LogP contribution in [0.2, 0.25) is 5.02 Å². The second kappa shape index (κ2) is 7.06. The minimum absolute atomic E-state index is 0.516. The highest BCUT2D eigenvalue weighted by Crippen LogP contribution is 2.34. The molecule has 1 N–H and O–H groups in total. The quantitative estimate of drug-likeness (QED) is 0.516. The number of aliphatic hydroxyl groups is 1. The molecule has 0 aliphatic rings. The van der Waals surface area contributed by atoms with E-state index >= 15 is 0 Å². The van der Waals surface area contributed by atoms with Crippen LogP contribution < -0.4 is 4.74 Å². The van der Waals surface area contributed by atoms with Crippen LogP contribution >= 0.6 is 11.6 Å². The van der Waals surface area contributed by atoms with Gasteiger partial charge in [-0.15, -0.1) is 0 Å². The van der Waals surface area contributed by atoms with Crippen molar-refractivity contribution in [3.8, 4) is 22.6 Å². The van der Waals surface area contributed by atoms with E-state index in [2.05, 4.69) is 11.1 Å². The number of nitrogens with zero attached hydrogens (tertiary/aromatic N) is 2. The van der Waals surface area contributed by atoms with E-state index in [-0.39, 0.29) is 0 Å². The van der Waals surface area contributed by atoms with Gasteiger partial charge in [0.1, 0.15) is 12.1 Å². The Balaban J connectivity index is 1.82. The zero-order chi connectivity index (χ0) is 19.0. The number of methoxy groups -OCH3 is 1. The maximum atomic E-state index is 9.78. The Morgan fingerprint density at radius 3 is 2.70 bits per heavy atom. The molecule has 0 saturated heterocycles. The first-order valence-corrected chi connectivity index (χ1v) is 9.04. The number of aliphatic hydroxyl groups excluding tert-OH is 1. The lowest BCUT2D eigenvalue weighted by Crippen LogP contribution is -1.94. The van der Waals surface area contributed by atoms with Crippen LogP contribution in [-0.2, 0) is 0 Å². The highest BCUT2D eigenvalue weighted by Gasteiger charge is 2.11. The van der Waals surface area contributed by atoms with E-state index in [1.807, 2.05) is 59.2 Å². The Morgan fingerprint density at radius 1 is 1.07 bits per heavy atom. The second-order valence-corrected chi connectivity index (χ2v) is 6.87. The number of hydrogen-bond donors (Lipinski definition) is 1. The van der Waals surface area contributed by atoms with Crippen molar-refractivity contribution < 1.29 is 9.84 Å². The first kappa shape index (κ1) is 17.6. The van der Waals surface area contributed by atoms with Gasteiger partial charge < -0.3 is 9.84 Å². The van der Waals surface area contributed by atoms with Crippen molar-refractivity contribution in [3.63, 3.8) is 0 Å². The number of hydrogen-bond acceptors (Lipinski definition) is 3. The summed E-state index contributed by atoms with van der Waals surface area (Å²) in [6, 6.07) is 19.6. The highest BCUT2D eigenvalue weighted by molar-refractivity contribution is 6.31. The summed E-state index contributed by atoms with van der Waals surface area (Å²) in [6.45, 7) is 1.75. The molecule has 3 aromatic carbocycles. The summed E-state index contributed by atoms with van der Waals surface area (Å²) in [7, 11) is 1.65. The van der Waals surface area contributed by atoms with E-state index in [0.717, 1.165) is 39.2 Å². The van der Waals surface area contributed by atoms with E-state index in [1.165, 1.54) is 0 Å². The fourth-order valence-electron chi connectivity index (χ4n) is 3.22. The summed E-state index contributed by atoms with van der Waals surface area (Å²) in [5.41, 5.74) is 5.61. The maximum absolute atomic E-state index is 9.78. The average molecular weight is 379 g/mol. The van der Waals surface area contributed by atoms with E-state index in [4.69, 9.17) is 16.3 Å². The second-order valence-electron chi connectivity index (χ2n) is 6.43. The fraction of sp³-hybridized carbons (Fsp3) is 0.136. The van der Waals surface area contributed by atoms with Crippen molar-refractivity contribution in [3.05, 3.63) is 77.6 Å². The Morgan fingerprint density at radius 2 is 1.93 bits per heavy atom. The number of aromatic nitrogens is 2. The van der Waals surface area contributed by atoms with Gasteiger partial charge in [0.2, 0.25) is 0 Å². The van der Waals surface area contributed by atoms with Gasteiger partial charge in [0.05, 0.1) is 24.2 Å². The van der Waals surface area contributed by atoms with Gasteiger partial charge in [-0.05, 0) is 60.5 Å². The summed E-state index contributed by atoms with van der Waals surface area (Å²) >= 11 is 6.19. The van der Waals surface area contributed by atoms with Crippen LogP contribution in [-0.4, -0.2) is 21.8 Å². The molecule has 0 aliphatic heterocycles. The molecule has 1 aromatic heterocycles. The van der Waals surface area contributed by atoms with Gasteiger partial charge in [-0.25, -0.2) is 4.98 Å². The normalized spacial score (nSPS) is 12.3. The molecule has 1 heterocycles. The third-order valence-corrected chi connectivity index (χ3v) is 4.89. The summed E-state index contributed by atoms with van der Waals surface area (Å²) in [6.07, 6.45) is 1.28. The molecule has 4 rings (SSSR count). The predicted molar refractivity (Wildman–Crippen MR) is 109 cm³/mol. The molecule has 0 spiro atoms.